The van der Waals surface area contributed by atoms with Crippen molar-refractivity contribution in [3.05, 3.63) is 30.3 Å². The largest absolute Gasteiger partial charge is 0.481 e. The number of anilines is 1. The summed E-state index contributed by atoms with van der Waals surface area (Å²) in [7, 11) is 0. The van der Waals surface area contributed by atoms with Gasteiger partial charge in [0, 0.05) is 5.69 Å². The van der Waals surface area contributed by atoms with Gasteiger partial charge in [0.15, 0.2) is 0 Å². The van der Waals surface area contributed by atoms with E-state index in [1.807, 2.05) is 6.92 Å². The van der Waals surface area contributed by atoms with E-state index in [1.54, 1.807) is 44.2 Å². The quantitative estimate of drug-likeness (QED) is 0.618. The first-order valence-electron chi connectivity index (χ1n) is 8.64. The minimum absolute atomic E-state index is 0.361. The van der Waals surface area contributed by atoms with Gasteiger partial charge in [-0.1, -0.05) is 45.4 Å². The molecule has 1 aromatic rings. The Morgan fingerprint density at radius 2 is 1.65 bits per heavy atom. The van der Waals surface area contributed by atoms with Gasteiger partial charge in [-0.2, -0.15) is 0 Å². The van der Waals surface area contributed by atoms with Crippen molar-refractivity contribution >= 4 is 23.5 Å². The van der Waals surface area contributed by atoms with Crippen LogP contribution >= 0.6 is 0 Å². The van der Waals surface area contributed by atoms with Crippen LogP contribution in [0.3, 0.4) is 0 Å². The number of aliphatic carboxylic acids is 2. The van der Waals surface area contributed by atoms with Gasteiger partial charge in [0.05, 0.1) is 12.0 Å². The van der Waals surface area contributed by atoms with Crippen molar-refractivity contribution in [2.45, 2.75) is 52.6 Å². The number of nitrogens with two attached hydrogens (primary N) is 1. The molecule has 7 heteroatoms. The molecule has 0 aromatic heterocycles. The fourth-order valence-electron chi connectivity index (χ4n) is 3.32. The van der Waals surface area contributed by atoms with Crippen molar-refractivity contribution in [2.75, 3.05) is 4.90 Å². The summed E-state index contributed by atoms with van der Waals surface area (Å²) in [6.07, 6.45) is 1.32. The second-order valence-electron chi connectivity index (χ2n) is 7.14. The molecular formula is C19H28N2O5. The summed E-state index contributed by atoms with van der Waals surface area (Å²) in [6.45, 7) is 6.81. The van der Waals surface area contributed by atoms with Crippen molar-refractivity contribution in [2.24, 2.45) is 17.1 Å². The van der Waals surface area contributed by atoms with Crippen LogP contribution in [0, 0.1) is 11.3 Å². The molecule has 3 unspecified atom stereocenters. The van der Waals surface area contributed by atoms with Gasteiger partial charge in [-0.25, -0.2) is 4.79 Å². The first-order chi connectivity index (χ1) is 12.0. The smallest absolute Gasteiger partial charge is 0.326 e. The Bertz CT molecular complexity index is 645. The second kappa shape index (κ2) is 8.80. The molecule has 7 nitrogen and oxygen atoms in total. The van der Waals surface area contributed by atoms with Crippen molar-refractivity contribution in [3.63, 3.8) is 0 Å². The average molecular weight is 364 g/mol. The molecule has 0 fully saturated rings. The molecule has 0 spiro atoms. The summed E-state index contributed by atoms with van der Waals surface area (Å²) in [6, 6.07) is 5.73. The summed E-state index contributed by atoms with van der Waals surface area (Å²) in [4.78, 5) is 37.5. The van der Waals surface area contributed by atoms with Gasteiger partial charge >= 0.3 is 11.9 Å². The zero-order valence-electron chi connectivity index (χ0n) is 15.7. The van der Waals surface area contributed by atoms with Gasteiger partial charge in [-0.15, -0.1) is 0 Å². The van der Waals surface area contributed by atoms with Gasteiger partial charge < -0.3 is 15.9 Å². The number of benzene rings is 1. The van der Waals surface area contributed by atoms with E-state index >= 15 is 0 Å². The molecule has 0 bridgehead atoms. The number of hydrogen-bond donors (Lipinski definition) is 3. The average Bonchev–Trinajstić information content (AvgIpc) is 2.54. The highest BCUT2D eigenvalue weighted by Crippen LogP contribution is 2.35. The maximum absolute atomic E-state index is 13.1. The van der Waals surface area contributed by atoms with Gasteiger partial charge in [-0.3, -0.25) is 14.5 Å². The number of carbonyl (C=O) groups excluding carboxylic acids is 1. The molecule has 0 saturated heterocycles. The normalized spacial score (nSPS) is 15.0. The fourth-order valence-corrected chi connectivity index (χ4v) is 3.32. The lowest BCUT2D eigenvalue weighted by atomic mass is 9.71. The van der Waals surface area contributed by atoms with Crippen LogP contribution in [0.15, 0.2) is 30.3 Å². The van der Waals surface area contributed by atoms with E-state index in [9.17, 15) is 24.6 Å². The lowest BCUT2D eigenvalue weighted by Gasteiger charge is -2.37. The number of hydrogen-bond acceptors (Lipinski definition) is 4. The minimum atomic E-state index is -1.36. The summed E-state index contributed by atoms with van der Waals surface area (Å²) in [5.74, 6) is -4.22. The van der Waals surface area contributed by atoms with Gasteiger partial charge in [0.25, 0.3) is 0 Å². The number of rotatable bonds is 9. The van der Waals surface area contributed by atoms with Crippen molar-refractivity contribution in [3.8, 4) is 0 Å². The monoisotopic (exact) mass is 364 g/mol. The van der Waals surface area contributed by atoms with Gasteiger partial charge in [0.1, 0.15) is 6.04 Å². The van der Waals surface area contributed by atoms with Crippen LogP contribution in [0.25, 0.3) is 0 Å². The fraction of sp³-hybridized carbons (Fsp3) is 0.526. The molecule has 0 aliphatic rings. The predicted octanol–water partition coefficient (Wildman–Crippen LogP) is 2.35. The number of amides is 1. The highest BCUT2D eigenvalue weighted by molar-refractivity contribution is 6.03. The molecule has 4 N–H and O–H groups in total. The zero-order valence-corrected chi connectivity index (χ0v) is 15.7. The predicted molar refractivity (Wildman–Crippen MR) is 98.8 cm³/mol. The Morgan fingerprint density at radius 1 is 1.12 bits per heavy atom. The maximum atomic E-state index is 13.1. The lowest BCUT2D eigenvalue weighted by Crippen LogP contribution is -2.57. The Labute approximate surface area is 153 Å². The number of carbonyl (C=O) groups is 3. The highest BCUT2D eigenvalue weighted by atomic mass is 16.4. The summed E-state index contributed by atoms with van der Waals surface area (Å²) >= 11 is 0. The summed E-state index contributed by atoms with van der Waals surface area (Å²) < 4.78 is 0. The third kappa shape index (κ3) is 4.82. The van der Waals surface area contributed by atoms with Crippen LogP contribution in [0.4, 0.5) is 5.69 Å². The first-order valence-corrected chi connectivity index (χ1v) is 8.64. The van der Waals surface area contributed by atoms with E-state index in [-0.39, 0.29) is 0 Å². The molecule has 0 aliphatic carbocycles. The van der Waals surface area contributed by atoms with E-state index in [0.29, 0.717) is 12.1 Å². The molecule has 26 heavy (non-hydrogen) atoms. The summed E-state index contributed by atoms with van der Waals surface area (Å²) in [5.41, 5.74) is 5.73. The number of nitrogens with zero attached hydrogens (tertiary/aromatic N) is 1. The Balaban J connectivity index is 3.32. The van der Waals surface area contributed by atoms with Crippen LogP contribution < -0.4 is 10.6 Å². The zero-order chi connectivity index (χ0) is 20.1. The standard InChI is InChI=1S/C19H28N2O5/c1-5-11-19(3,4)14(18(25)26)15(20)16(22)21(12(2)17(23)24)13-9-7-6-8-10-13/h6-10,12,14-15H,5,11,20H2,1-4H3,(H,23,24)(H,25,26). The third-order valence-corrected chi connectivity index (χ3v) is 4.66. The molecule has 1 amide bonds. The molecule has 0 radical (unpaired) electrons. The van der Waals surface area contributed by atoms with E-state index in [4.69, 9.17) is 5.73 Å². The molecule has 0 saturated carbocycles. The van der Waals surface area contributed by atoms with E-state index in [1.165, 1.54) is 6.92 Å². The number of carboxylic acids is 2. The molecular weight excluding hydrogens is 336 g/mol. The molecule has 1 aromatic carbocycles. The van der Waals surface area contributed by atoms with Crippen LogP contribution in [-0.4, -0.2) is 40.1 Å². The Kier molecular flexibility index (Phi) is 7.32. The minimum Gasteiger partial charge on any atom is -0.481 e. The first kappa shape index (κ1) is 21.6. The van der Waals surface area contributed by atoms with Crippen molar-refractivity contribution < 1.29 is 24.6 Å². The highest BCUT2D eigenvalue weighted by Gasteiger charge is 2.44. The Hall–Kier alpha value is -2.41. The van der Waals surface area contributed by atoms with Crippen LogP contribution in [0.2, 0.25) is 0 Å². The molecule has 3 atom stereocenters. The van der Waals surface area contributed by atoms with Crippen molar-refractivity contribution in [1.29, 1.82) is 0 Å². The van der Waals surface area contributed by atoms with E-state index in [0.717, 1.165) is 11.3 Å². The van der Waals surface area contributed by atoms with Crippen LogP contribution in [0.1, 0.15) is 40.5 Å². The third-order valence-electron chi connectivity index (χ3n) is 4.66. The second-order valence-corrected chi connectivity index (χ2v) is 7.14. The van der Waals surface area contributed by atoms with E-state index < -0.39 is 41.3 Å². The van der Waals surface area contributed by atoms with E-state index in [2.05, 4.69) is 0 Å². The number of para-hydroxylation sites is 1. The maximum Gasteiger partial charge on any atom is 0.326 e. The Morgan fingerprint density at radius 3 is 2.08 bits per heavy atom. The van der Waals surface area contributed by atoms with Crippen LogP contribution in [0.5, 0.6) is 0 Å². The molecule has 1 rings (SSSR count). The van der Waals surface area contributed by atoms with Gasteiger partial charge in [-0.05, 0) is 30.9 Å². The lowest BCUT2D eigenvalue weighted by molar-refractivity contribution is -0.149. The van der Waals surface area contributed by atoms with Crippen LogP contribution in [-0.2, 0) is 14.4 Å². The molecule has 0 heterocycles. The topological polar surface area (TPSA) is 121 Å². The summed E-state index contributed by atoms with van der Waals surface area (Å²) in [5, 5.41) is 19.1. The van der Waals surface area contributed by atoms with Gasteiger partial charge in [0.2, 0.25) is 5.91 Å². The molecule has 144 valence electrons. The van der Waals surface area contributed by atoms with Crippen molar-refractivity contribution in [1.82, 2.24) is 0 Å². The SMILES string of the molecule is CCCC(C)(C)C(C(=O)O)C(N)C(=O)N(c1ccccc1)C(C)C(=O)O. The molecule has 0 aliphatic heterocycles. The number of carboxylic acid groups (broad SMARTS) is 2.